The molecule has 3 atom stereocenters. The molecule has 2 nitrogen and oxygen atoms in total. The van der Waals surface area contributed by atoms with Gasteiger partial charge in [-0.15, -0.1) is 0 Å². The van der Waals surface area contributed by atoms with Crippen LogP contribution in [0.2, 0.25) is 0 Å². The normalized spacial score (nSPS) is 38.3. The monoisotopic (exact) mass is 243 g/mol. The van der Waals surface area contributed by atoms with Crippen molar-refractivity contribution in [1.29, 1.82) is 0 Å². The Bertz CT molecular complexity index is 498. The van der Waals surface area contributed by atoms with Gasteiger partial charge in [0.15, 0.2) is 0 Å². The molecule has 1 saturated carbocycles. The predicted molar refractivity (Wildman–Crippen MR) is 71.8 cm³/mol. The zero-order valence-electron chi connectivity index (χ0n) is 11.0. The summed E-state index contributed by atoms with van der Waals surface area (Å²) in [5.74, 6) is 2.09. The average Bonchev–Trinajstić information content (AvgIpc) is 2.82. The van der Waals surface area contributed by atoms with E-state index in [1.54, 1.807) is 0 Å². The first-order chi connectivity index (χ1) is 8.69. The van der Waals surface area contributed by atoms with E-state index in [-0.39, 0.29) is 0 Å². The maximum atomic E-state index is 9.65. The number of fused-ring (bicyclic) bond motifs is 2. The van der Waals surface area contributed by atoms with Crippen molar-refractivity contribution in [2.75, 3.05) is 20.1 Å². The van der Waals surface area contributed by atoms with Crippen LogP contribution in [0, 0.1) is 11.3 Å². The number of aryl methyl sites for hydroxylation is 1. The van der Waals surface area contributed by atoms with Crippen molar-refractivity contribution < 1.29 is 5.11 Å². The van der Waals surface area contributed by atoms with E-state index in [9.17, 15) is 5.11 Å². The number of hydrogen-bond acceptors (Lipinski definition) is 2. The SMILES string of the molecule is CN1C[C@H]2CC[C@@H]3c4ccc(O)cc4CC[C@]23C1. The van der Waals surface area contributed by atoms with E-state index in [1.165, 1.54) is 43.5 Å². The minimum absolute atomic E-state index is 0.433. The molecule has 0 bridgehead atoms. The molecule has 4 rings (SSSR count). The molecule has 1 spiro atoms. The third-order valence-corrected chi connectivity index (χ3v) is 5.77. The summed E-state index contributed by atoms with van der Waals surface area (Å²) in [6.07, 6.45) is 5.24. The van der Waals surface area contributed by atoms with E-state index in [0.717, 1.165) is 18.3 Å². The summed E-state index contributed by atoms with van der Waals surface area (Å²) in [6, 6.07) is 6.06. The van der Waals surface area contributed by atoms with E-state index in [2.05, 4.69) is 18.0 Å². The quantitative estimate of drug-likeness (QED) is 0.757. The third kappa shape index (κ3) is 1.27. The molecule has 2 aliphatic carbocycles. The van der Waals surface area contributed by atoms with Crippen LogP contribution in [-0.2, 0) is 6.42 Å². The van der Waals surface area contributed by atoms with E-state index < -0.39 is 0 Å². The zero-order valence-corrected chi connectivity index (χ0v) is 11.0. The first kappa shape index (κ1) is 10.9. The minimum Gasteiger partial charge on any atom is -0.508 e. The van der Waals surface area contributed by atoms with Crippen LogP contribution in [0.4, 0.5) is 0 Å². The third-order valence-electron chi connectivity index (χ3n) is 5.77. The van der Waals surface area contributed by atoms with Gasteiger partial charge >= 0.3 is 0 Å². The van der Waals surface area contributed by atoms with Crippen LogP contribution >= 0.6 is 0 Å². The van der Waals surface area contributed by atoms with Gasteiger partial charge in [0, 0.05) is 13.1 Å². The molecular weight excluding hydrogens is 222 g/mol. The van der Waals surface area contributed by atoms with Gasteiger partial charge in [0.1, 0.15) is 5.75 Å². The molecule has 0 amide bonds. The Hall–Kier alpha value is -1.02. The minimum atomic E-state index is 0.433. The van der Waals surface area contributed by atoms with Crippen molar-refractivity contribution >= 4 is 0 Å². The number of hydrogen-bond donors (Lipinski definition) is 1. The van der Waals surface area contributed by atoms with Crippen molar-refractivity contribution in [1.82, 2.24) is 4.90 Å². The standard InChI is InChI=1S/C16H21NO/c1-17-9-12-2-5-15-14-4-3-13(18)8-11(14)6-7-16(12,15)10-17/h3-4,8,12,15,18H,2,5-7,9-10H2,1H3/t12-,15-,16+/m1/s1. The van der Waals surface area contributed by atoms with E-state index in [1.807, 2.05) is 12.1 Å². The Morgan fingerprint density at radius 2 is 2.22 bits per heavy atom. The van der Waals surface area contributed by atoms with Crippen molar-refractivity contribution in [2.24, 2.45) is 11.3 Å². The summed E-state index contributed by atoms with van der Waals surface area (Å²) < 4.78 is 0. The highest BCUT2D eigenvalue weighted by atomic mass is 16.3. The molecule has 3 aliphatic rings. The van der Waals surface area contributed by atoms with E-state index >= 15 is 0 Å². The van der Waals surface area contributed by atoms with Gasteiger partial charge in [0.2, 0.25) is 0 Å². The number of phenolic OH excluding ortho intramolecular Hbond substituents is 1. The summed E-state index contributed by atoms with van der Waals surface area (Å²) in [7, 11) is 2.27. The number of rotatable bonds is 0. The van der Waals surface area contributed by atoms with Gasteiger partial charge < -0.3 is 10.0 Å². The lowest BCUT2D eigenvalue weighted by molar-refractivity contribution is 0.189. The van der Waals surface area contributed by atoms with E-state index in [4.69, 9.17) is 0 Å². The lowest BCUT2D eigenvalue weighted by Crippen LogP contribution is -2.36. The summed E-state index contributed by atoms with van der Waals surface area (Å²) in [4.78, 5) is 2.53. The summed E-state index contributed by atoms with van der Waals surface area (Å²) in [5.41, 5.74) is 3.50. The van der Waals surface area contributed by atoms with Gasteiger partial charge in [0.05, 0.1) is 0 Å². The predicted octanol–water partition coefficient (Wildman–Crippen LogP) is 2.76. The Morgan fingerprint density at radius 3 is 3.11 bits per heavy atom. The van der Waals surface area contributed by atoms with Gasteiger partial charge in [-0.3, -0.25) is 0 Å². The first-order valence-electron chi connectivity index (χ1n) is 7.19. The van der Waals surface area contributed by atoms with Crippen LogP contribution in [-0.4, -0.2) is 30.1 Å². The molecule has 0 aromatic heterocycles. The summed E-state index contributed by atoms with van der Waals surface area (Å²) in [6.45, 7) is 2.58. The maximum absolute atomic E-state index is 9.65. The number of aromatic hydroxyl groups is 1. The van der Waals surface area contributed by atoms with Gasteiger partial charge in [-0.1, -0.05) is 6.07 Å². The number of benzene rings is 1. The molecule has 0 unspecified atom stereocenters. The van der Waals surface area contributed by atoms with Crippen LogP contribution in [0.1, 0.15) is 36.3 Å². The fourth-order valence-electron chi connectivity index (χ4n) is 5.12. The Morgan fingerprint density at radius 1 is 1.33 bits per heavy atom. The molecule has 1 N–H and O–H groups in total. The summed E-state index contributed by atoms with van der Waals surface area (Å²) >= 11 is 0. The van der Waals surface area contributed by atoms with Crippen LogP contribution in [0.15, 0.2) is 18.2 Å². The van der Waals surface area contributed by atoms with Gasteiger partial charge in [-0.2, -0.15) is 0 Å². The second-order valence-corrected chi connectivity index (χ2v) is 6.64. The molecule has 1 heterocycles. The topological polar surface area (TPSA) is 23.5 Å². The molecule has 1 aliphatic heterocycles. The molecular formula is C16H21NO. The maximum Gasteiger partial charge on any atom is 0.115 e. The number of phenols is 1. The second-order valence-electron chi connectivity index (χ2n) is 6.64. The number of likely N-dealkylation sites (tertiary alicyclic amines) is 1. The molecule has 96 valence electrons. The highest BCUT2D eigenvalue weighted by molar-refractivity contribution is 5.42. The second kappa shape index (κ2) is 3.51. The first-order valence-corrected chi connectivity index (χ1v) is 7.19. The zero-order chi connectivity index (χ0) is 12.3. The summed E-state index contributed by atoms with van der Waals surface area (Å²) in [5, 5.41) is 9.65. The van der Waals surface area contributed by atoms with Crippen LogP contribution in [0.5, 0.6) is 5.75 Å². The largest absolute Gasteiger partial charge is 0.508 e. The molecule has 1 aromatic rings. The molecule has 2 heteroatoms. The smallest absolute Gasteiger partial charge is 0.115 e. The van der Waals surface area contributed by atoms with Crippen LogP contribution in [0.25, 0.3) is 0 Å². The number of nitrogens with zero attached hydrogens (tertiary/aromatic N) is 1. The molecule has 2 fully saturated rings. The van der Waals surface area contributed by atoms with Crippen LogP contribution in [0.3, 0.4) is 0 Å². The van der Waals surface area contributed by atoms with Crippen molar-refractivity contribution in [2.45, 2.75) is 31.6 Å². The molecule has 0 radical (unpaired) electrons. The lowest BCUT2D eigenvalue weighted by Gasteiger charge is -2.41. The fourth-order valence-corrected chi connectivity index (χ4v) is 5.12. The van der Waals surface area contributed by atoms with Crippen LogP contribution < -0.4 is 0 Å². The average molecular weight is 243 g/mol. The van der Waals surface area contributed by atoms with Crippen molar-refractivity contribution in [3.8, 4) is 5.75 Å². The fraction of sp³-hybridized carbons (Fsp3) is 0.625. The van der Waals surface area contributed by atoms with Crippen molar-refractivity contribution in [3.05, 3.63) is 29.3 Å². The highest BCUT2D eigenvalue weighted by Gasteiger charge is 2.56. The van der Waals surface area contributed by atoms with Gasteiger partial charge in [-0.25, -0.2) is 0 Å². The molecule has 1 aromatic carbocycles. The Balaban J connectivity index is 1.80. The molecule has 18 heavy (non-hydrogen) atoms. The van der Waals surface area contributed by atoms with Crippen molar-refractivity contribution in [3.63, 3.8) is 0 Å². The highest BCUT2D eigenvalue weighted by Crippen LogP contribution is 2.61. The van der Waals surface area contributed by atoms with E-state index in [0.29, 0.717) is 11.2 Å². The lowest BCUT2D eigenvalue weighted by atomic mass is 9.63. The Labute approximate surface area is 109 Å². The Kier molecular flexibility index (Phi) is 2.12. The van der Waals surface area contributed by atoms with Gasteiger partial charge in [0.25, 0.3) is 0 Å². The van der Waals surface area contributed by atoms with Gasteiger partial charge in [-0.05, 0) is 73.2 Å². The molecule has 1 saturated heterocycles.